The van der Waals surface area contributed by atoms with Crippen LogP contribution in [0.5, 0.6) is 5.75 Å². The summed E-state index contributed by atoms with van der Waals surface area (Å²) in [5.41, 5.74) is 4.50. The number of carboxylic acid groups (broad SMARTS) is 1. The van der Waals surface area contributed by atoms with Crippen LogP contribution in [0.15, 0.2) is 30.4 Å². The molecule has 0 atom stereocenters. The molecular formula is C11H10FNO4. The smallest absolute Gasteiger partial charge is 0.334 e. The molecule has 0 saturated heterocycles. The highest BCUT2D eigenvalue weighted by Gasteiger charge is 2.10. The van der Waals surface area contributed by atoms with Crippen molar-refractivity contribution >= 4 is 11.9 Å². The van der Waals surface area contributed by atoms with Crippen LogP contribution in [0.1, 0.15) is 10.4 Å². The average molecular weight is 239 g/mol. The zero-order chi connectivity index (χ0) is 13.0. The fraction of sp³-hybridized carbons (Fsp3) is 0.0909. The predicted molar refractivity (Wildman–Crippen MR) is 57.2 cm³/mol. The lowest BCUT2D eigenvalue weighted by Crippen LogP contribution is -2.13. The molecule has 1 rings (SSSR count). The van der Waals surface area contributed by atoms with Crippen LogP contribution in [0.2, 0.25) is 0 Å². The zero-order valence-electron chi connectivity index (χ0n) is 8.77. The normalized spacial score (nSPS) is 9.71. The quantitative estimate of drug-likeness (QED) is 0.748. The lowest BCUT2D eigenvalue weighted by molar-refractivity contribution is -0.133. The third-order valence-corrected chi connectivity index (χ3v) is 1.92. The van der Waals surface area contributed by atoms with E-state index in [-0.39, 0.29) is 23.5 Å². The number of nitrogens with two attached hydrogens (primary N) is 1. The Balaban J connectivity index is 2.75. The second-order valence-corrected chi connectivity index (χ2v) is 3.20. The van der Waals surface area contributed by atoms with E-state index in [1.807, 2.05) is 0 Å². The molecule has 5 nitrogen and oxygen atoms in total. The molecule has 0 aliphatic carbocycles. The highest BCUT2D eigenvalue weighted by Crippen LogP contribution is 2.16. The standard InChI is InChI=1S/C11H10FNO4/c1-6(11(15)16)5-17-7-2-3-8(10(13)14)9(12)4-7/h2-4H,1,5H2,(H2,13,14)(H,15,16). The van der Waals surface area contributed by atoms with Gasteiger partial charge in [-0.3, -0.25) is 4.79 Å². The van der Waals surface area contributed by atoms with Crippen LogP contribution in [-0.2, 0) is 4.79 Å². The Morgan fingerprint density at radius 1 is 1.47 bits per heavy atom. The summed E-state index contributed by atoms with van der Waals surface area (Å²) in [7, 11) is 0. The number of carbonyl (C=O) groups excluding carboxylic acids is 1. The van der Waals surface area contributed by atoms with E-state index in [0.29, 0.717) is 0 Å². The summed E-state index contributed by atoms with van der Waals surface area (Å²) < 4.78 is 18.2. The molecule has 0 aliphatic heterocycles. The number of hydrogen-bond acceptors (Lipinski definition) is 3. The fourth-order valence-electron chi connectivity index (χ4n) is 1.02. The Morgan fingerprint density at radius 3 is 2.59 bits per heavy atom. The van der Waals surface area contributed by atoms with E-state index in [2.05, 4.69) is 6.58 Å². The number of hydrogen-bond donors (Lipinski definition) is 2. The molecule has 17 heavy (non-hydrogen) atoms. The van der Waals surface area contributed by atoms with Crippen molar-refractivity contribution in [1.82, 2.24) is 0 Å². The summed E-state index contributed by atoms with van der Waals surface area (Å²) >= 11 is 0. The number of carbonyl (C=O) groups is 2. The molecule has 0 radical (unpaired) electrons. The van der Waals surface area contributed by atoms with Gasteiger partial charge in [0.05, 0.1) is 11.1 Å². The van der Waals surface area contributed by atoms with Crippen LogP contribution in [0.4, 0.5) is 4.39 Å². The summed E-state index contributed by atoms with van der Waals surface area (Å²) in [5, 5.41) is 8.52. The number of amides is 1. The molecule has 0 fully saturated rings. The van der Waals surface area contributed by atoms with Gasteiger partial charge in [-0.25, -0.2) is 9.18 Å². The maximum absolute atomic E-state index is 13.3. The van der Waals surface area contributed by atoms with E-state index in [4.69, 9.17) is 15.6 Å². The van der Waals surface area contributed by atoms with Gasteiger partial charge < -0.3 is 15.6 Å². The topological polar surface area (TPSA) is 89.6 Å². The first-order valence-corrected chi connectivity index (χ1v) is 4.55. The Labute approximate surface area is 96.3 Å². The molecular weight excluding hydrogens is 229 g/mol. The van der Waals surface area contributed by atoms with Crippen molar-refractivity contribution in [2.24, 2.45) is 5.73 Å². The number of benzene rings is 1. The van der Waals surface area contributed by atoms with Crippen LogP contribution >= 0.6 is 0 Å². The van der Waals surface area contributed by atoms with E-state index in [1.54, 1.807) is 0 Å². The average Bonchev–Trinajstić information content (AvgIpc) is 2.25. The predicted octanol–water partition coefficient (Wildman–Crippen LogP) is 0.944. The van der Waals surface area contributed by atoms with Gasteiger partial charge >= 0.3 is 5.97 Å². The molecule has 0 aromatic heterocycles. The van der Waals surface area contributed by atoms with Crippen molar-refractivity contribution in [2.75, 3.05) is 6.61 Å². The summed E-state index contributed by atoms with van der Waals surface area (Å²) in [6.45, 7) is 2.97. The van der Waals surface area contributed by atoms with Crippen LogP contribution < -0.4 is 10.5 Å². The molecule has 0 aliphatic rings. The van der Waals surface area contributed by atoms with Crippen LogP contribution in [0.3, 0.4) is 0 Å². The molecule has 0 heterocycles. The van der Waals surface area contributed by atoms with Gasteiger partial charge in [-0.2, -0.15) is 0 Å². The molecule has 1 amide bonds. The highest BCUT2D eigenvalue weighted by molar-refractivity contribution is 5.93. The van der Waals surface area contributed by atoms with Crippen molar-refractivity contribution in [3.63, 3.8) is 0 Å². The first-order chi connectivity index (χ1) is 7.91. The van der Waals surface area contributed by atoms with Gasteiger partial charge in [0, 0.05) is 6.07 Å². The third-order valence-electron chi connectivity index (χ3n) is 1.92. The van der Waals surface area contributed by atoms with E-state index < -0.39 is 17.7 Å². The maximum Gasteiger partial charge on any atom is 0.334 e. The number of rotatable bonds is 5. The van der Waals surface area contributed by atoms with E-state index >= 15 is 0 Å². The van der Waals surface area contributed by atoms with Crippen LogP contribution in [0.25, 0.3) is 0 Å². The van der Waals surface area contributed by atoms with Crippen molar-refractivity contribution in [2.45, 2.75) is 0 Å². The van der Waals surface area contributed by atoms with Crippen molar-refractivity contribution in [1.29, 1.82) is 0 Å². The Morgan fingerprint density at radius 2 is 2.12 bits per heavy atom. The SMILES string of the molecule is C=C(COc1ccc(C(N)=O)c(F)c1)C(=O)O. The van der Waals surface area contributed by atoms with E-state index in [0.717, 1.165) is 12.1 Å². The monoisotopic (exact) mass is 239 g/mol. The molecule has 1 aromatic rings. The van der Waals surface area contributed by atoms with Crippen LogP contribution in [0, 0.1) is 5.82 Å². The lowest BCUT2D eigenvalue weighted by atomic mass is 10.2. The van der Waals surface area contributed by atoms with Gasteiger partial charge in [0.25, 0.3) is 5.91 Å². The molecule has 1 aromatic carbocycles. The Hall–Kier alpha value is -2.37. The Kier molecular flexibility index (Phi) is 3.82. The van der Waals surface area contributed by atoms with E-state index in [1.165, 1.54) is 6.07 Å². The van der Waals surface area contributed by atoms with Gasteiger partial charge in [-0.15, -0.1) is 0 Å². The number of aliphatic carboxylic acids is 1. The number of ether oxygens (including phenoxy) is 1. The lowest BCUT2D eigenvalue weighted by Gasteiger charge is -2.06. The summed E-state index contributed by atoms with van der Waals surface area (Å²) in [6, 6.07) is 3.43. The number of primary amides is 1. The molecule has 3 N–H and O–H groups in total. The van der Waals surface area contributed by atoms with Crippen LogP contribution in [-0.4, -0.2) is 23.6 Å². The summed E-state index contributed by atoms with van der Waals surface area (Å²) in [5.74, 6) is -2.81. The largest absolute Gasteiger partial charge is 0.489 e. The molecule has 6 heteroatoms. The number of carboxylic acids is 1. The van der Waals surface area contributed by atoms with Gasteiger partial charge in [-0.05, 0) is 12.1 Å². The van der Waals surface area contributed by atoms with Gasteiger partial charge in [0.1, 0.15) is 18.2 Å². The molecule has 0 spiro atoms. The minimum atomic E-state index is -1.20. The molecule has 90 valence electrons. The summed E-state index contributed by atoms with van der Waals surface area (Å²) in [4.78, 5) is 21.2. The zero-order valence-corrected chi connectivity index (χ0v) is 8.77. The third kappa shape index (κ3) is 3.30. The molecule has 0 saturated carbocycles. The van der Waals surface area contributed by atoms with Gasteiger partial charge in [0.2, 0.25) is 0 Å². The number of halogens is 1. The summed E-state index contributed by atoms with van der Waals surface area (Å²) in [6.07, 6.45) is 0. The molecule has 0 bridgehead atoms. The fourth-order valence-corrected chi connectivity index (χ4v) is 1.02. The minimum Gasteiger partial charge on any atom is -0.489 e. The van der Waals surface area contributed by atoms with Crippen molar-refractivity contribution in [3.8, 4) is 5.75 Å². The first-order valence-electron chi connectivity index (χ1n) is 4.55. The van der Waals surface area contributed by atoms with Gasteiger partial charge in [-0.1, -0.05) is 6.58 Å². The minimum absolute atomic E-state index is 0.0925. The maximum atomic E-state index is 13.3. The second kappa shape index (κ2) is 5.11. The van der Waals surface area contributed by atoms with E-state index in [9.17, 15) is 14.0 Å². The second-order valence-electron chi connectivity index (χ2n) is 3.20. The van der Waals surface area contributed by atoms with Crippen molar-refractivity contribution in [3.05, 3.63) is 41.7 Å². The Bertz CT molecular complexity index is 484. The first kappa shape index (κ1) is 12.7. The van der Waals surface area contributed by atoms with Crippen molar-refractivity contribution < 1.29 is 23.8 Å². The highest BCUT2D eigenvalue weighted by atomic mass is 19.1. The molecule has 0 unspecified atom stereocenters. The van der Waals surface area contributed by atoms with Gasteiger partial charge in [0.15, 0.2) is 0 Å².